The Bertz CT molecular complexity index is 1400. The second kappa shape index (κ2) is 17.1. The van der Waals surface area contributed by atoms with Gasteiger partial charge in [0.1, 0.15) is 23.7 Å². The van der Waals surface area contributed by atoms with Crippen molar-refractivity contribution in [3.63, 3.8) is 0 Å². The molecule has 2 aromatic carbocycles. The van der Waals surface area contributed by atoms with Crippen molar-refractivity contribution in [2.75, 3.05) is 6.61 Å². The number of carbonyl (C=O) groups excluding carboxylic acids is 4. The van der Waals surface area contributed by atoms with Crippen molar-refractivity contribution in [3.8, 4) is 0 Å². The molecule has 2 aliphatic rings. The van der Waals surface area contributed by atoms with Gasteiger partial charge in [0.15, 0.2) is 5.78 Å². The number of nitrogens with zero attached hydrogens (tertiary/aromatic N) is 3. The van der Waals surface area contributed by atoms with Crippen molar-refractivity contribution >= 4 is 23.5 Å². The molecule has 1 unspecified atom stereocenters. The van der Waals surface area contributed by atoms with Gasteiger partial charge in [0.2, 0.25) is 17.7 Å². The van der Waals surface area contributed by atoms with E-state index < -0.39 is 47.5 Å². The maximum Gasteiger partial charge on any atom is 0.243 e. The van der Waals surface area contributed by atoms with Crippen molar-refractivity contribution in [2.45, 2.75) is 108 Å². The Kier molecular flexibility index (Phi) is 13.0. The number of ether oxygens (including phenoxy) is 1. The van der Waals surface area contributed by atoms with Gasteiger partial charge in [-0.1, -0.05) is 112 Å². The Morgan fingerprint density at radius 2 is 1.36 bits per heavy atom. The maximum absolute atomic E-state index is 14.1. The Balaban J connectivity index is 1.56. The zero-order valence-electron chi connectivity index (χ0n) is 27.7. The summed E-state index contributed by atoms with van der Waals surface area (Å²) in [5.74, 6) is -1.36. The molecular weight excluding hydrogens is 596 g/mol. The summed E-state index contributed by atoms with van der Waals surface area (Å²) in [5, 5.41) is 12.5. The molecule has 3 N–H and O–H groups in total. The minimum Gasteiger partial charge on any atom is -0.361 e. The summed E-state index contributed by atoms with van der Waals surface area (Å²) in [5.41, 5.74) is 9.97. The van der Waals surface area contributed by atoms with Crippen LogP contribution in [0.4, 0.5) is 0 Å². The molecule has 2 aromatic rings. The molecule has 0 spiro atoms. The molecule has 11 nitrogen and oxygen atoms in total. The maximum atomic E-state index is 14.1. The van der Waals surface area contributed by atoms with E-state index >= 15 is 0 Å². The highest BCUT2D eigenvalue weighted by molar-refractivity contribution is 5.98. The fraction of sp³-hybridized carbons (Fsp3) is 0.556. The summed E-state index contributed by atoms with van der Waals surface area (Å²) in [6.45, 7) is 5.99. The molecule has 0 aromatic heterocycles. The largest absolute Gasteiger partial charge is 0.361 e. The Morgan fingerprint density at radius 3 is 1.91 bits per heavy atom. The van der Waals surface area contributed by atoms with E-state index in [9.17, 15) is 24.7 Å². The number of benzene rings is 2. The molecule has 1 heterocycles. The highest BCUT2D eigenvalue weighted by atomic mass is 16.6. The number of nitrogens with one attached hydrogen (secondary N) is 3. The zero-order chi connectivity index (χ0) is 33.8. The summed E-state index contributed by atoms with van der Waals surface area (Å²) in [4.78, 5) is 57.7. The number of Topliss-reactive ketones (excluding diaryl/α,β-unsaturated/α-hetero) is 1. The lowest BCUT2D eigenvalue weighted by Gasteiger charge is -2.29. The fourth-order valence-corrected chi connectivity index (χ4v) is 6.27. The van der Waals surface area contributed by atoms with Crippen molar-refractivity contribution < 1.29 is 23.9 Å². The van der Waals surface area contributed by atoms with Crippen LogP contribution in [0.3, 0.4) is 0 Å². The number of amides is 3. The van der Waals surface area contributed by atoms with E-state index in [1.54, 1.807) is 6.92 Å². The van der Waals surface area contributed by atoms with Crippen LogP contribution >= 0.6 is 0 Å². The van der Waals surface area contributed by atoms with Gasteiger partial charge in [-0.2, -0.15) is 0 Å². The van der Waals surface area contributed by atoms with E-state index in [0.29, 0.717) is 19.4 Å². The van der Waals surface area contributed by atoms with Gasteiger partial charge in [-0.25, -0.2) is 0 Å². The normalized spacial score (nSPS) is 20.2. The monoisotopic (exact) mass is 644 g/mol. The zero-order valence-corrected chi connectivity index (χ0v) is 27.7. The van der Waals surface area contributed by atoms with E-state index in [-0.39, 0.29) is 30.5 Å². The Labute approximate surface area is 277 Å². The lowest BCUT2D eigenvalue weighted by molar-refractivity contribution is -0.134. The van der Waals surface area contributed by atoms with Crippen LogP contribution in [0.25, 0.3) is 10.4 Å². The predicted octanol–water partition coefficient (Wildman–Crippen LogP) is 4.98. The Morgan fingerprint density at radius 1 is 0.830 bits per heavy atom. The van der Waals surface area contributed by atoms with Crippen LogP contribution in [-0.2, 0) is 36.8 Å². The molecular formula is C36H48N6O5. The molecule has 47 heavy (non-hydrogen) atoms. The fourth-order valence-electron chi connectivity index (χ4n) is 6.27. The van der Waals surface area contributed by atoms with Crippen LogP contribution in [-0.4, -0.2) is 59.9 Å². The van der Waals surface area contributed by atoms with Crippen LogP contribution < -0.4 is 16.0 Å². The third-order valence-electron chi connectivity index (χ3n) is 9.05. The SMILES string of the molecule is CC(C)C[C@H](NC(=O)[C@H](Cc1ccccc1)NC(=O)[C@H](CC1CCCCC1)NC(=O)C(Cc1ccccc1)N=[N+]=[N-])C(=O)[C@@]1(C)CO1. The van der Waals surface area contributed by atoms with Crippen LogP contribution in [0.1, 0.15) is 76.8 Å². The summed E-state index contributed by atoms with van der Waals surface area (Å²) in [6.07, 6.45) is 6.32. The number of ketones is 1. The molecule has 1 saturated heterocycles. The van der Waals surface area contributed by atoms with Gasteiger partial charge in [-0.05, 0) is 54.7 Å². The van der Waals surface area contributed by atoms with Crippen LogP contribution in [0, 0.1) is 11.8 Å². The summed E-state index contributed by atoms with van der Waals surface area (Å²) >= 11 is 0. The molecule has 252 valence electrons. The summed E-state index contributed by atoms with van der Waals surface area (Å²) < 4.78 is 5.40. The lowest BCUT2D eigenvalue weighted by atomic mass is 9.84. The third-order valence-corrected chi connectivity index (χ3v) is 9.05. The van der Waals surface area contributed by atoms with Crippen molar-refractivity contribution in [3.05, 3.63) is 82.2 Å². The first-order valence-corrected chi connectivity index (χ1v) is 16.8. The van der Waals surface area contributed by atoms with Gasteiger partial charge in [0.05, 0.1) is 12.6 Å². The first-order valence-electron chi connectivity index (χ1n) is 16.8. The average Bonchev–Trinajstić information content (AvgIpc) is 3.82. The topological polar surface area (TPSA) is 166 Å². The minimum atomic E-state index is -1.05. The second-order valence-electron chi connectivity index (χ2n) is 13.5. The van der Waals surface area contributed by atoms with Crippen LogP contribution in [0.5, 0.6) is 0 Å². The van der Waals surface area contributed by atoms with Crippen molar-refractivity contribution in [1.82, 2.24) is 16.0 Å². The third kappa shape index (κ3) is 10.9. The van der Waals surface area contributed by atoms with Gasteiger partial charge >= 0.3 is 0 Å². The molecule has 2 fully saturated rings. The van der Waals surface area contributed by atoms with E-state index in [4.69, 9.17) is 4.74 Å². The molecule has 1 aliphatic carbocycles. The van der Waals surface area contributed by atoms with Gasteiger partial charge < -0.3 is 20.7 Å². The second-order valence-corrected chi connectivity index (χ2v) is 13.5. The van der Waals surface area contributed by atoms with Crippen LogP contribution in [0.15, 0.2) is 65.8 Å². The average molecular weight is 645 g/mol. The van der Waals surface area contributed by atoms with E-state index in [0.717, 1.165) is 43.2 Å². The van der Waals surface area contributed by atoms with E-state index in [2.05, 4.69) is 26.0 Å². The predicted molar refractivity (Wildman–Crippen MR) is 179 cm³/mol. The number of carbonyl (C=O) groups is 4. The Hall–Kier alpha value is -4.21. The molecule has 1 saturated carbocycles. The highest BCUT2D eigenvalue weighted by Gasteiger charge is 2.50. The highest BCUT2D eigenvalue weighted by Crippen LogP contribution is 2.30. The molecule has 11 heteroatoms. The van der Waals surface area contributed by atoms with Crippen LogP contribution in [0.2, 0.25) is 0 Å². The molecule has 1 aliphatic heterocycles. The van der Waals surface area contributed by atoms with E-state index in [1.165, 1.54) is 0 Å². The first kappa shape index (κ1) is 35.6. The first-order chi connectivity index (χ1) is 22.6. The standard InChI is InChI=1S/C36H48N6O5/c1-24(2)19-28(32(43)36(3)23-47-36)38-33(44)29(20-25-13-7-4-8-14-25)39-34(45)30(21-26-15-9-5-10-16-26)40-35(46)31(41-42-37)22-27-17-11-6-12-18-27/h4,6-8,11-14,17-18,24,26,28-31H,5,9-10,15-16,19-23H2,1-3H3,(H,38,44)(H,39,45)(H,40,46)/t28-,29-,30-,31?,36+/m0/s1. The molecule has 4 rings (SSSR count). The summed E-state index contributed by atoms with van der Waals surface area (Å²) in [7, 11) is 0. The number of hydrogen-bond acceptors (Lipinski definition) is 6. The smallest absolute Gasteiger partial charge is 0.243 e. The van der Waals surface area contributed by atoms with Gasteiger partial charge in [0.25, 0.3) is 0 Å². The van der Waals surface area contributed by atoms with Gasteiger partial charge in [-0.3, -0.25) is 19.2 Å². The van der Waals surface area contributed by atoms with Crippen molar-refractivity contribution in [1.29, 1.82) is 0 Å². The van der Waals surface area contributed by atoms with Crippen molar-refractivity contribution in [2.24, 2.45) is 17.0 Å². The number of epoxide rings is 1. The molecule has 0 bridgehead atoms. The minimum absolute atomic E-state index is 0.128. The van der Waals surface area contributed by atoms with Gasteiger partial charge in [-0.15, -0.1) is 0 Å². The molecule has 3 amide bonds. The van der Waals surface area contributed by atoms with Gasteiger partial charge in [0, 0.05) is 11.3 Å². The lowest BCUT2D eigenvalue weighted by Crippen LogP contribution is -2.58. The molecule has 5 atom stereocenters. The number of rotatable bonds is 17. The number of hydrogen-bond donors (Lipinski definition) is 3. The number of azide groups is 1. The van der Waals surface area contributed by atoms with E-state index in [1.807, 2.05) is 74.5 Å². The molecule has 0 radical (unpaired) electrons. The summed E-state index contributed by atoms with van der Waals surface area (Å²) in [6, 6.07) is 14.8. The quantitative estimate of drug-likeness (QED) is 0.0955.